The predicted molar refractivity (Wildman–Crippen MR) is 58.8 cm³/mol. The standard InChI is InChI=1S/C10H14N4O4/c15-9(16)7-2-1-5-14(7)10(17)11-4-3-8-12-6-13-18-8/h6-7H,1-5H2,(H,11,17)(H,15,16)/t7-/m0/s1. The minimum atomic E-state index is -0.959. The fourth-order valence-corrected chi connectivity index (χ4v) is 1.95. The van der Waals surface area contributed by atoms with Crippen LogP contribution in [0.3, 0.4) is 0 Å². The van der Waals surface area contributed by atoms with E-state index in [1.54, 1.807) is 0 Å². The minimum absolute atomic E-state index is 0.337. The van der Waals surface area contributed by atoms with Crippen molar-refractivity contribution in [1.82, 2.24) is 20.4 Å². The number of rotatable bonds is 4. The second kappa shape index (κ2) is 5.48. The maximum atomic E-state index is 11.8. The zero-order valence-electron chi connectivity index (χ0n) is 9.70. The molecule has 98 valence electrons. The lowest BCUT2D eigenvalue weighted by atomic mass is 10.2. The fraction of sp³-hybridized carbons (Fsp3) is 0.600. The van der Waals surface area contributed by atoms with Gasteiger partial charge in [0.05, 0.1) is 0 Å². The zero-order valence-corrected chi connectivity index (χ0v) is 9.70. The van der Waals surface area contributed by atoms with E-state index in [-0.39, 0.29) is 6.03 Å². The highest BCUT2D eigenvalue weighted by atomic mass is 16.5. The van der Waals surface area contributed by atoms with Gasteiger partial charge in [-0.25, -0.2) is 9.59 Å². The lowest BCUT2D eigenvalue weighted by Crippen LogP contribution is -2.46. The van der Waals surface area contributed by atoms with Crippen molar-refractivity contribution in [2.75, 3.05) is 13.1 Å². The maximum absolute atomic E-state index is 11.8. The zero-order chi connectivity index (χ0) is 13.0. The van der Waals surface area contributed by atoms with Gasteiger partial charge in [0.15, 0.2) is 6.33 Å². The Balaban J connectivity index is 1.79. The Bertz CT molecular complexity index is 420. The highest BCUT2D eigenvalue weighted by Gasteiger charge is 2.33. The topological polar surface area (TPSA) is 109 Å². The highest BCUT2D eigenvalue weighted by molar-refractivity contribution is 5.83. The number of aromatic nitrogens is 2. The van der Waals surface area contributed by atoms with Crippen LogP contribution in [0.5, 0.6) is 0 Å². The Labute approximate surface area is 103 Å². The molecule has 1 aromatic heterocycles. The molecular formula is C10H14N4O4. The molecule has 1 aliphatic rings. The number of nitrogens with one attached hydrogen (secondary N) is 1. The Morgan fingerprint density at radius 1 is 1.61 bits per heavy atom. The van der Waals surface area contributed by atoms with Gasteiger partial charge in [0.2, 0.25) is 5.89 Å². The van der Waals surface area contributed by atoms with Gasteiger partial charge < -0.3 is 19.8 Å². The van der Waals surface area contributed by atoms with E-state index in [9.17, 15) is 9.59 Å². The van der Waals surface area contributed by atoms with Crippen molar-refractivity contribution in [1.29, 1.82) is 0 Å². The third kappa shape index (κ3) is 2.76. The number of carbonyl (C=O) groups is 2. The average Bonchev–Trinajstić information content (AvgIpc) is 2.99. The molecule has 1 fully saturated rings. The Morgan fingerprint density at radius 2 is 2.44 bits per heavy atom. The van der Waals surface area contributed by atoms with E-state index >= 15 is 0 Å². The molecule has 0 unspecified atom stereocenters. The molecule has 8 nitrogen and oxygen atoms in total. The van der Waals surface area contributed by atoms with E-state index in [0.717, 1.165) is 0 Å². The second-order valence-electron chi connectivity index (χ2n) is 4.01. The maximum Gasteiger partial charge on any atom is 0.326 e. The first-order valence-corrected chi connectivity index (χ1v) is 5.71. The van der Waals surface area contributed by atoms with Crippen molar-refractivity contribution in [2.45, 2.75) is 25.3 Å². The van der Waals surface area contributed by atoms with E-state index < -0.39 is 12.0 Å². The van der Waals surface area contributed by atoms with Crippen molar-refractivity contribution < 1.29 is 19.2 Å². The molecular weight excluding hydrogens is 240 g/mol. The number of urea groups is 1. The summed E-state index contributed by atoms with van der Waals surface area (Å²) in [5.41, 5.74) is 0. The number of carboxylic acids is 1. The number of hydrogen-bond donors (Lipinski definition) is 2. The normalized spacial score (nSPS) is 18.9. The molecule has 18 heavy (non-hydrogen) atoms. The number of carboxylic acid groups (broad SMARTS) is 1. The van der Waals surface area contributed by atoms with Crippen LogP contribution in [0, 0.1) is 0 Å². The molecule has 0 aliphatic carbocycles. The van der Waals surface area contributed by atoms with Crippen molar-refractivity contribution in [3.63, 3.8) is 0 Å². The van der Waals surface area contributed by atoms with E-state index in [1.807, 2.05) is 0 Å². The molecule has 0 bridgehead atoms. The molecule has 0 spiro atoms. The van der Waals surface area contributed by atoms with E-state index in [0.29, 0.717) is 38.2 Å². The summed E-state index contributed by atoms with van der Waals surface area (Å²) in [7, 11) is 0. The van der Waals surface area contributed by atoms with Gasteiger partial charge in [-0.15, -0.1) is 0 Å². The number of likely N-dealkylation sites (tertiary alicyclic amines) is 1. The van der Waals surface area contributed by atoms with Crippen molar-refractivity contribution in [2.24, 2.45) is 0 Å². The largest absolute Gasteiger partial charge is 0.480 e. The third-order valence-corrected chi connectivity index (χ3v) is 2.82. The van der Waals surface area contributed by atoms with E-state index in [2.05, 4.69) is 15.5 Å². The second-order valence-corrected chi connectivity index (χ2v) is 4.01. The number of hydrogen-bond acceptors (Lipinski definition) is 5. The van der Waals surface area contributed by atoms with Gasteiger partial charge in [0.1, 0.15) is 6.04 Å². The lowest BCUT2D eigenvalue weighted by molar-refractivity contribution is -0.141. The first-order chi connectivity index (χ1) is 8.68. The molecule has 2 amide bonds. The van der Waals surface area contributed by atoms with Crippen molar-refractivity contribution in [3.05, 3.63) is 12.2 Å². The summed E-state index contributed by atoms with van der Waals surface area (Å²) in [6.45, 7) is 0.813. The molecule has 8 heteroatoms. The molecule has 2 N–H and O–H groups in total. The molecule has 1 aliphatic heterocycles. The summed E-state index contributed by atoms with van der Waals surface area (Å²) in [6.07, 6.45) is 2.94. The summed E-state index contributed by atoms with van der Waals surface area (Å²) in [6, 6.07) is -1.08. The summed E-state index contributed by atoms with van der Waals surface area (Å²) in [4.78, 5) is 27.9. The summed E-state index contributed by atoms with van der Waals surface area (Å²) >= 11 is 0. The van der Waals surface area contributed by atoms with Gasteiger partial charge in [0, 0.05) is 19.5 Å². The quantitative estimate of drug-likeness (QED) is 0.774. The number of amides is 2. The van der Waals surface area contributed by atoms with Crippen LogP contribution in [-0.4, -0.2) is 51.3 Å². The van der Waals surface area contributed by atoms with Crippen LogP contribution in [0.1, 0.15) is 18.7 Å². The van der Waals surface area contributed by atoms with E-state index in [4.69, 9.17) is 9.63 Å². The average molecular weight is 254 g/mol. The summed E-state index contributed by atoms with van der Waals surface area (Å²) < 4.78 is 4.78. The van der Waals surface area contributed by atoms with Crippen molar-refractivity contribution in [3.8, 4) is 0 Å². The van der Waals surface area contributed by atoms with Gasteiger partial charge in [-0.1, -0.05) is 5.16 Å². The smallest absolute Gasteiger partial charge is 0.326 e. The van der Waals surface area contributed by atoms with Gasteiger partial charge in [-0.2, -0.15) is 4.98 Å². The Kier molecular flexibility index (Phi) is 3.75. The predicted octanol–water partition coefficient (Wildman–Crippen LogP) is -0.129. The lowest BCUT2D eigenvalue weighted by Gasteiger charge is -2.21. The van der Waals surface area contributed by atoms with E-state index in [1.165, 1.54) is 11.2 Å². The number of carbonyl (C=O) groups excluding carboxylic acids is 1. The molecule has 0 aromatic carbocycles. The molecule has 1 aromatic rings. The molecule has 1 atom stereocenters. The van der Waals surface area contributed by atoms with Gasteiger partial charge in [-0.3, -0.25) is 0 Å². The van der Waals surface area contributed by atoms with Crippen molar-refractivity contribution >= 4 is 12.0 Å². The van der Waals surface area contributed by atoms with Crippen LogP contribution in [0.25, 0.3) is 0 Å². The van der Waals surface area contributed by atoms with Gasteiger partial charge in [-0.05, 0) is 12.8 Å². The van der Waals surface area contributed by atoms with Crippen LogP contribution in [0.2, 0.25) is 0 Å². The fourth-order valence-electron chi connectivity index (χ4n) is 1.95. The Hall–Kier alpha value is -2.12. The molecule has 2 rings (SSSR count). The first-order valence-electron chi connectivity index (χ1n) is 5.71. The molecule has 0 radical (unpaired) electrons. The monoisotopic (exact) mass is 254 g/mol. The van der Waals surface area contributed by atoms with Crippen LogP contribution < -0.4 is 5.32 Å². The number of aliphatic carboxylic acids is 1. The van der Waals surface area contributed by atoms with Gasteiger partial charge >= 0.3 is 12.0 Å². The summed E-state index contributed by atoms with van der Waals surface area (Å²) in [5.74, 6) is -0.522. The van der Waals surface area contributed by atoms with Crippen LogP contribution >= 0.6 is 0 Å². The third-order valence-electron chi connectivity index (χ3n) is 2.82. The molecule has 0 saturated carbocycles. The SMILES string of the molecule is O=C(O)[C@@H]1CCCN1C(=O)NCCc1ncno1. The van der Waals surface area contributed by atoms with Crippen LogP contribution in [-0.2, 0) is 11.2 Å². The molecule has 1 saturated heterocycles. The van der Waals surface area contributed by atoms with Crippen LogP contribution in [0.4, 0.5) is 4.79 Å². The Morgan fingerprint density at radius 3 is 3.11 bits per heavy atom. The highest BCUT2D eigenvalue weighted by Crippen LogP contribution is 2.17. The van der Waals surface area contributed by atoms with Gasteiger partial charge in [0.25, 0.3) is 0 Å². The first kappa shape index (κ1) is 12.3. The minimum Gasteiger partial charge on any atom is -0.480 e. The molecule has 2 heterocycles. The number of nitrogens with zero attached hydrogens (tertiary/aromatic N) is 3. The van der Waals surface area contributed by atoms with Crippen LogP contribution in [0.15, 0.2) is 10.9 Å². The summed E-state index contributed by atoms with van der Waals surface area (Å²) in [5, 5.41) is 15.0.